The third kappa shape index (κ3) is 3.89. The first-order chi connectivity index (χ1) is 11.9. The molecule has 1 heterocycles. The van der Waals surface area contributed by atoms with Gasteiger partial charge in [0.05, 0.1) is 4.90 Å². The summed E-state index contributed by atoms with van der Waals surface area (Å²) < 4.78 is 25.0. The van der Waals surface area contributed by atoms with Crippen LogP contribution in [0.25, 0.3) is 6.08 Å². The van der Waals surface area contributed by atoms with E-state index in [0.29, 0.717) is 10.0 Å². The molecule has 3 rings (SSSR count). The van der Waals surface area contributed by atoms with Crippen LogP contribution < -0.4 is 0 Å². The number of hydrogen-bond donors (Lipinski definition) is 0. The zero-order chi connectivity index (χ0) is 18.0. The van der Waals surface area contributed by atoms with E-state index in [1.807, 2.05) is 12.1 Å². The van der Waals surface area contributed by atoms with Crippen molar-refractivity contribution < 1.29 is 13.2 Å². The van der Waals surface area contributed by atoms with Crippen LogP contribution in [-0.2, 0) is 14.6 Å². The second-order valence-electron chi connectivity index (χ2n) is 5.72. The van der Waals surface area contributed by atoms with Gasteiger partial charge < -0.3 is 4.90 Å². The minimum Gasteiger partial charge on any atom is -0.336 e. The van der Waals surface area contributed by atoms with Gasteiger partial charge in [-0.2, -0.15) is 0 Å². The Morgan fingerprint density at radius 2 is 1.68 bits per heavy atom. The van der Waals surface area contributed by atoms with Crippen LogP contribution in [0.5, 0.6) is 0 Å². The van der Waals surface area contributed by atoms with Gasteiger partial charge in [-0.3, -0.25) is 4.79 Å². The van der Waals surface area contributed by atoms with Gasteiger partial charge in [0.15, 0.2) is 9.84 Å². The maximum atomic E-state index is 12.5. The van der Waals surface area contributed by atoms with Gasteiger partial charge in [-0.25, -0.2) is 8.42 Å². The number of sulfone groups is 1. The normalized spacial score (nSPS) is 15.4. The molecule has 0 radical (unpaired) electrons. The van der Waals surface area contributed by atoms with E-state index in [2.05, 4.69) is 0 Å². The largest absolute Gasteiger partial charge is 0.336 e. The highest BCUT2D eigenvalue weighted by Crippen LogP contribution is 2.25. The van der Waals surface area contributed by atoms with Crippen molar-refractivity contribution in [2.45, 2.75) is 10.1 Å². The van der Waals surface area contributed by atoms with Crippen molar-refractivity contribution in [2.24, 2.45) is 0 Å². The molecule has 7 heteroatoms. The monoisotopic (exact) mass is 395 g/mol. The third-order valence-electron chi connectivity index (χ3n) is 4.05. The predicted molar refractivity (Wildman–Crippen MR) is 99.5 cm³/mol. The molecule has 25 heavy (non-hydrogen) atoms. The molecule has 130 valence electrons. The summed E-state index contributed by atoms with van der Waals surface area (Å²) in [5, 5.41) is 0.443. The highest BCUT2D eigenvalue weighted by molar-refractivity contribution is 7.92. The molecule has 0 bridgehead atoms. The number of carbonyl (C=O) groups is 1. The van der Waals surface area contributed by atoms with Gasteiger partial charge in [0, 0.05) is 29.2 Å². The molecule has 0 aromatic heterocycles. The van der Waals surface area contributed by atoms with E-state index in [9.17, 15) is 13.2 Å². The second kappa shape index (κ2) is 7.20. The average Bonchev–Trinajstić information content (AvgIpc) is 2.53. The van der Waals surface area contributed by atoms with Gasteiger partial charge >= 0.3 is 0 Å². The summed E-state index contributed by atoms with van der Waals surface area (Å²) in [7, 11) is -3.46. The topological polar surface area (TPSA) is 54.5 Å². The van der Waals surface area contributed by atoms with E-state index < -0.39 is 15.1 Å². The average molecular weight is 396 g/mol. The molecule has 0 N–H and O–H groups in total. The lowest BCUT2D eigenvalue weighted by Gasteiger charge is -2.38. The maximum absolute atomic E-state index is 12.5. The Morgan fingerprint density at radius 3 is 2.32 bits per heavy atom. The Bertz CT molecular complexity index is 918. The Kier molecular flexibility index (Phi) is 5.18. The number of likely N-dealkylation sites (tertiary alicyclic amines) is 1. The van der Waals surface area contributed by atoms with Gasteiger partial charge in [-0.15, -0.1) is 0 Å². The summed E-state index contributed by atoms with van der Waals surface area (Å²) in [5.41, 5.74) is 0.739. The van der Waals surface area contributed by atoms with Crippen molar-refractivity contribution in [2.75, 3.05) is 13.1 Å². The van der Waals surface area contributed by atoms with Gasteiger partial charge in [0.1, 0.15) is 5.25 Å². The SMILES string of the molecule is O=C(/C=C/c1ccccc1Cl)N1CC(S(=O)(=O)c2ccc(Cl)cc2)C1. The van der Waals surface area contributed by atoms with Crippen LogP contribution in [0.2, 0.25) is 10.0 Å². The van der Waals surface area contributed by atoms with E-state index in [4.69, 9.17) is 23.2 Å². The number of hydrogen-bond acceptors (Lipinski definition) is 3. The zero-order valence-electron chi connectivity index (χ0n) is 13.1. The van der Waals surface area contributed by atoms with Crippen LogP contribution in [0.15, 0.2) is 59.5 Å². The molecule has 0 atom stereocenters. The number of benzene rings is 2. The highest BCUT2D eigenvalue weighted by atomic mass is 35.5. The van der Waals surface area contributed by atoms with Crippen LogP contribution in [0.3, 0.4) is 0 Å². The van der Waals surface area contributed by atoms with E-state index >= 15 is 0 Å². The molecule has 1 aliphatic heterocycles. The summed E-state index contributed by atoms with van der Waals surface area (Å²) in [4.78, 5) is 13.9. The van der Waals surface area contributed by atoms with Gasteiger partial charge in [-0.05, 0) is 42.0 Å². The molecule has 0 aliphatic carbocycles. The lowest BCUT2D eigenvalue weighted by molar-refractivity contribution is -0.128. The summed E-state index contributed by atoms with van der Waals surface area (Å²) in [6, 6.07) is 13.2. The van der Waals surface area contributed by atoms with Crippen LogP contribution in [0, 0.1) is 0 Å². The van der Waals surface area contributed by atoms with E-state index in [1.165, 1.54) is 23.1 Å². The number of amides is 1. The number of halogens is 2. The molecule has 0 unspecified atom stereocenters. The summed E-state index contributed by atoms with van der Waals surface area (Å²) in [5.74, 6) is -0.234. The number of carbonyl (C=O) groups excluding carboxylic acids is 1. The van der Waals surface area contributed by atoms with Crippen molar-refractivity contribution in [1.82, 2.24) is 4.90 Å². The lowest BCUT2D eigenvalue weighted by atomic mass is 10.2. The molecule has 0 saturated carbocycles. The van der Waals surface area contributed by atoms with Crippen molar-refractivity contribution in [3.05, 3.63) is 70.2 Å². The highest BCUT2D eigenvalue weighted by Gasteiger charge is 2.39. The minimum absolute atomic E-state index is 0.177. The smallest absolute Gasteiger partial charge is 0.246 e. The summed E-state index contributed by atoms with van der Waals surface area (Å²) >= 11 is 11.8. The Morgan fingerprint density at radius 1 is 1.04 bits per heavy atom. The molecule has 1 saturated heterocycles. The van der Waals surface area contributed by atoms with Crippen molar-refractivity contribution in [3.63, 3.8) is 0 Å². The minimum atomic E-state index is -3.46. The van der Waals surface area contributed by atoms with Crippen molar-refractivity contribution in [1.29, 1.82) is 0 Å². The first-order valence-electron chi connectivity index (χ1n) is 7.59. The Balaban J connectivity index is 1.63. The van der Waals surface area contributed by atoms with Crippen molar-refractivity contribution >= 4 is 45.0 Å². The Hall–Kier alpha value is -1.82. The standard InChI is InChI=1S/C18H15Cl2NO3S/c19-14-6-8-15(9-7-14)25(23,24)16-11-21(12-16)18(22)10-5-13-3-1-2-4-17(13)20/h1-10,16H,11-12H2/b10-5+. The molecule has 2 aromatic carbocycles. The quantitative estimate of drug-likeness (QED) is 0.741. The second-order valence-corrected chi connectivity index (χ2v) is 8.79. The first-order valence-corrected chi connectivity index (χ1v) is 9.89. The molecule has 1 amide bonds. The van der Waals surface area contributed by atoms with E-state index in [-0.39, 0.29) is 23.9 Å². The predicted octanol–water partition coefficient (Wildman–Crippen LogP) is 3.69. The fourth-order valence-corrected chi connectivity index (χ4v) is 4.49. The number of nitrogens with zero attached hydrogens (tertiary/aromatic N) is 1. The van der Waals surface area contributed by atoms with Crippen LogP contribution in [-0.4, -0.2) is 37.6 Å². The van der Waals surface area contributed by atoms with Gasteiger partial charge in [-0.1, -0.05) is 41.4 Å². The zero-order valence-corrected chi connectivity index (χ0v) is 15.4. The van der Waals surface area contributed by atoms with Gasteiger partial charge in [0.2, 0.25) is 5.91 Å². The van der Waals surface area contributed by atoms with Crippen LogP contribution in [0.1, 0.15) is 5.56 Å². The third-order valence-corrected chi connectivity index (χ3v) is 6.75. The summed E-state index contributed by atoms with van der Waals surface area (Å²) in [6.07, 6.45) is 3.04. The summed E-state index contributed by atoms with van der Waals surface area (Å²) in [6.45, 7) is 0.354. The van der Waals surface area contributed by atoms with E-state index in [0.717, 1.165) is 5.56 Å². The van der Waals surface area contributed by atoms with Gasteiger partial charge in [0.25, 0.3) is 0 Å². The molecular weight excluding hydrogens is 381 g/mol. The molecular formula is C18H15Cl2NO3S. The fourth-order valence-electron chi connectivity index (χ4n) is 2.51. The van der Waals surface area contributed by atoms with Crippen LogP contribution in [0.4, 0.5) is 0 Å². The van der Waals surface area contributed by atoms with Crippen molar-refractivity contribution in [3.8, 4) is 0 Å². The number of rotatable bonds is 4. The maximum Gasteiger partial charge on any atom is 0.246 e. The van der Waals surface area contributed by atoms with E-state index in [1.54, 1.807) is 30.3 Å². The lowest BCUT2D eigenvalue weighted by Crippen LogP contribution is -2.56. The molecule has 1 aliphatic rings. The van der Waals surface area contributed by atoms with Crippen LogP contribution >= 0.6 is 23.2 Å². The molecule has 1 fully saturated rings. The Labute approximate surface area is 156 Å². The molecule has 0 spiro atoms. The fraction of sp³-hybridized carbons (Fsp3) is 0.167. The first kappa shape index (κ1) is 18.0. The molecule has 2 aromatic rings. The molecule has 4 nitrogen and oxygen atoms in total.